The van der Waals surface area contributed by atoms with Gasteiger partial charge in [0.1, 0.15) is 22.2 Å². The predicted octanol–water partition coefficient (Wildman–Crippen LogP) is 1.65. The van der Waals surface area contributed by atoms with E-state index in [0.29, 0.717) is 6.54 Å². The highest BCUT2D eigenvalue weighted by molar-refractivity contribution is 7.09. The highest BCUT2D eigenvalue weighted by Crippen LogP contribution is 2.11. The molecule has 23 heavy (non-hydrogen) atoms. The van der Waals surface area contributed by atoms with E-state index < -0.39 is 29.1 Å². The van der Waals surface area contributed by atoms with Crippen molar-refractivity contribution in [2.24, 2.45) is 0 Å². The number of hydrogen-bond donors (Lipinski definition) is 3. The fourth-order valence-electron chi connectivity index (χ4n) is 1.71. The van der Waals surface area contributed by atoms with Gasteiger partial charge >= 0.3 is 6.03 Å². The number of carbonyl (C=O) groups is 2. The molecular weight excluding hydrogens is 326 g/mol. The quantitative estimate of drug-likeness (QED) is 0.699. The molecule has 3 N–H and O–H groups in total. The maximum atomic E-state index is 13.4. The lowest BCUT2D eigenvalue weighted by atomic mass is 10.2. The van der Waals surface area contributed by atoms with Gasteiger partial charge in [-0.1, -0.05) is 6.07 Å². The summed E-state index contributed by atoms with van der Waals surface area (Å²) in [4.78, 5) is 27.2. The summed E-state index contributed by atoms with van der Waals surface area (Å²) >= 11 is 1.42. The summed E-state index contributed by atoms with van der Waals surface area (Å²) in [7, 11) is 0. The smallest absolute Gasteiger partial charge is 0.315 e. The van der Waals surface area contributed by atoms with Crippen LogP contribution in [0.15, 0.2) is 29.8 Å². The second-order valence-electron chi connectivity index (χ2n) is 4.39. The zero-order valence-electron chi connectivity index (χ0n) is 11.9. The molecule has 0 fully saturated rings. The number of nitrogens with one attached hydrogen (secondary N) is 3. The van der Waals surface area contributed by atoms with Crippen molar-refractivity contribution >= 4 is 23.3 Å². The van der Waals surface area contributed by atoms with Crippen LogP contribution in [0.25, 0.3) is 0 Å². The molecule has 3 amide bonds. The van der Waals surface area contributed by atoms with Crippen LogP contribution < -0.4 is 16.0 Å². The van der Waals surface area contributed by atoms with Gasteiger partial charge in [0, 0.05) is 24.7 Å². The van der Waals surface area contributed by atoms with Gasteiger partial charge < -0.3 is 16.0 Å². The summed E-state index contributed by atoms with van der Waals surface area (Å²) in [6.07, 6.45) is 1.64. The number of benzene rings is 1. The van der Waals surface area contributed by atoms with Crippen molar-refractivity contribution in [3.05, 3.63) is 52.0 Å². The molecule has 0 radical (unpaired) electrons. The van der Waals surface area contributed by atoms with Crippen LogP contribution in [0.4, 0.5) is 13.6 Å². The summed E-state index contributed by atoms with van der Waals surface area (Å²) in [5.74, 6) is -2.74. The lowest BCUT2D eigenvalue weighted by molar-refractivity contribution is 0.0945. The molecule has 6 nitrogen and oxygen atoms in total. The number of aromatic nitrogens is 1. The molecule has 2 aromatic rings. The maximum absolute atomic E-state index is 13.4. The summed E-state index contributed by atoms with van der Waals surface area (Å²) in [6.45, 7) is 0.457. The van der Waals surface area contributed by atoms with E-state index in [1.807, 2.05) is 0 Å². The van der Waals surface area contributed by atoms with Gasteiger partial charge in [0.05, 0.1) is 6.54 Å². The first kappa shape index (κ1) is 16.8. The third kappa shape index (κ3) is 4.99. The summed E-state index contributed by atoms with van der Waals surface area (Å²) in [6, 6.07) is 2.76. The molecule has 1 aromatic carbocycles. The Balaban J connectivity index is 1.68. The number of amides is 3. The number of carbonyl (C=O) groups excluding carboxylic acids is 2. The Labute approximate surface area is 134 Å². The number of hydrogen-bond acceptors (Lipinski definition) is 4. The van der Waals surface area contributed by atoms with Gasteiger partial charge in [-0.2, -0.15) is 0 Å². The van der Waals surface area contributed by atoms with Crippen molar-refractivity contribution in [3.8, 4) is 0 Å². The molecule has 1 heterocycles. The van der Waals surface area contributed by atoms with Gasteiger partial charge in [0.2, 0.25) is 0 Å². The number of urea groups is 1. The van der Waals surface area contributed by atoms with Crippen LogP contribution in [0.5, 0.6) is 0 Å². The zero-order chi connectivity index (χ0) is 16.7. The average Bonchev–Trinajstić information content (AvgIpc) is 3.03. The first-order chi connectivity index (χ1) is 11.1. The van der Waals surface area contributed by atoms with Crippen molar-refractivity contribution < 1.29 is 18.4 Å². The molecule has 0 atom stereocenters. The highest BCUT2D eigenvalue weighted by atomic mass is 32.1. The molecule has 0 aliphatic carbocycles. The van der Waals surface area contributed by atoms with Gasteiger partial charge in [-0.15, -0.1) is 11.3 Å². The SMILES string of the molecule is O=C(NCCNC(=O)c1c(F)cccc1F)NCc1nccs1. The average molecular weight is 340 g/mol. The third-order valence-corrected chi connectivity index (χ3v) is 3.55. The van der Waals surface area contributed by atoms with E-state index in [1.54, 1.807) is 11.6 Å². The minimum atomic E-state index is -0.934. The van der Waals surface area contributed by atoms with Crippen LogP contribution in [0.2, 0.25) is 0 Å². The van der Waals surface area contributed by atoms with E-state index in [2.05, 4.69) is 20.9 Å². The van der Waals surface area contributed by atoms with Gasteiger partial charge in [-0.05, 0) is 12.1 Å². The number of thiazole rings is 1. The van der Waals surface area contributed by atoms with E-state index in [4.69, 9.17) is 0 Å². The Morgan fingerprint density at radius 2 is 1.78 bits per heavy atom. The molecule has 0 spiro atoms. The molecule has 2 rings (SSSR count). The molecule has 0 unspecified atom stereocenters. The van der Waals surface area contributed by atoms with Crippen LogP contribution in [0, 0.1) is 11.6 Å². The summed E-state index contributed by atoms with van der Waals surface area (Å²) < 4.78 is 26.8. The third-order valence-electron chi connectivity index (χ3n) is 2.77. The second kappa shape index (κ2) is 8.18. The zero-order valence-corrected chi connectivity index (χ0v) is 12.8. The van der Waals surface area contributed by atoms with Crippen molar-refractivity contribution in [1.82, 2.24) is 20.9 Å². The van der Waals surface area contributed by atoms with E-state index in [9.17, 15) is 18.4 Å². The van der Waals surface area contributed by atoms with E-state index >= 15 is 0 Å². The first-order valence-electron chi connectivity index (χ1n) is 6.70. The number of rotatable bonds is 6. The van der Waals surface area contributed by atoms with Crippen LogP contribution in [-0.2, 0) is 6.54 Å². The van der Waals surface area contributed by atoms with Crippen LogP contribution in [0.3, 0.4) is 0 Å². The normalized spacial score (nSPS) is 10.2. The fraction of sp³-hybridized carbons (Fsp3) is 0.214. The van der Waals surface area contributed by atoms with Crippen molar-refractivity contribution in [1.29, 1.82) is 0 Å². The minimum absolute atomic E-state index is 0.0390. The molecule has 122 valence electrons. The molecule has 0 aliphatic rings. The van der Waals surface area contributed by atoms with Crippen molar-refractivity contribution in [3.63, 3.8) is 0 Å². The molecule has 0 saturated carbocycles. The summed E-state index contributed by atoms with van der Waals surface area (Å²) in [5.41, 5.74) is -0.638. The molecule has 1 aromatic heterocycles. The molecule has 9 heteroatoms. The first-order valence-corrected chi connectivity index (χ1v) is 7.58. The Kier molecular flexibility index (Phi) is 5.98. The van der Waals surface area contributed by atoms with Crippen LogP contribution >= 0.6 is 11.3 Å². The molecular formula is C14H14F2N4O2S. The van der Waals surface area contributed by atoms with Gasteiger partial charge in [-0.25, -0.2) is 18.6 Å². The summed E-state index contributed by atoms with van der Waals surface area (Å²) in [5, 5.41) is 9.99. The Morgan fingerprint density at radius 1 is 1.09 bits per heavy atom. The van der Waals surface area contributed by atoms with Crippen molar-refractivity contribution in [2.45, 2.75) is 6.54 Å². The largest absolute Gasteiger partial charge is 0.350 e. The van der Waals surface area contributed by atoms with E-state index in [0.717, 1.165) is 17.1 Å². The van der Waals surface area contributed by atoms with Gasteiger partial charge in [0.15, 0.2) is 0 Å². The monoisotopic (exact) mass is 340 g/mol. The van der Waals surface area contributed by atoms with Crippen LogP contribution in [0.1, 0.15) is 15.4 Å². The van der Waals surface area contributed by atoms with E-state index in [1.165, 1.54) is 17.4 Å². The second-order valence-corrected chi connectivity index (χ2v) is 5.37. The maximum Gasteiger partial charge on any atom is 0.315 e. The fourth-order valence-corrected chi connectivity index (χ4v) is 2.27. The highest BCUT2D eigenvalue weighted by Gasteiger charge is 2.16. The Morgan fingerprint density at radius 3 is 2.43 bits per heavy atom. The predicted molar refractivity (Wildman–Crippen MR) is 81.0 cm³/mol. The topological polar surface area (TPSA) is 83.1 Å². The molecule has 0 saturated heterocycles. The molecule has 0 aliphatic heterocycles. The van der Waals surface area contributed by atoms with Gasteiger partial charge in [-0.3, -0.25) is 4.79 Å². The number of nitrogens with zero attached hydrogens (tertiary/aromatic N) is 1. The van der Waals surface area contributed by atoms with Crippen molar-refractivity contribution in [2.75, 3.05) is 13.1 Å². The Bertz CT molecular complexity index is 659. The Hall–Kier alpha value is -2.55. The standard InChI is InChI=1S/C14H14F2N4O2S/c15-9-2-1-3-10(16)12(9)13(21)18-4-5-19-14(22)20-8-11-17-6-7-23-11/h1-3,6-7H,4-5,8H2,(H,18,21)(H2,19,20,22). The molecule has 0 bridgehead atoms. The lowest BCUT2D eigenvalue weighted by Gasteiger charge is -2.09. The van der Waals surface area contributed by atoms with E-state index in [-0.39, 0.29) is 13.1 Å². The lowest BCUT2D eigenvalue weighted by Crippen LogP contribution is -2.40. The minimum Gasteiger partial charge on any atom is -0.350 e. The van der Waals surface area contributed by atoms with Crippen LogP contribution in [-0.4, -0.2) is 30.0 Å². The number of halogens is 2. The van der Waals surface area contributed by atoms with Gasteiger partial charge in [0.25, 0.3) is 5.91 Å².